The van der Waals surface area contributed by atoms with Crippen molar-refractivity contribution in [2.24, 2.45) is 0 Å². The average molecular weight is 468 g/mol. The summed E-state index contributed by atoms with van der Waals surface area (Å²) in [4.78, 5) is 26.3. The number of rotatable bonds is 4. The molecule has 7 heteroatoms. The molecule has 1 fully saturated rings. The van der Waals surface area contributed by atoms with E-state index in [0.29, 0.717) is 6.54 Å². The van der Waals surface area contributed by atoms with E-state index in [1.165, 1.54) is 16.7 Å². The van der Waals surface area contributed by atoms with Crippen molar-refractivity contribution in [2.45, 2.75) is 44.7 Å². The molecule has 1 amide bonds. The minimum Gasteiger partial charge on any atom is -0.465 e. The Bertz CT molecular complexity index is 1410. The zero-order valence-electron chi connectivity index (χ0n) is 19.8. The van der Waals surface area contributed by atoms with Crippen molar-refractivity contribution in [2.75, 3.05) is 13.1 Å². The van der Waals surface area contributed by atoms with Crippen LogP contribution in [0.4, 0.5) is 4.79 Å². The summed E-state index contributed by atoms with van der Waals surface area (Å²) in [6.45, 7) is 3.58. The molecule has 6 rings (SSSR count). The van der Waals surface area contributed by atoms with Crippen LogP contribution in [0, 0.1) is 6.92 Å². The second-order valence-corrected chi connectivity index (χ2v) is 9.62. The van der Waals surface area contributed by atoms with Gasteiger partial charge in [0.1, 0.15) is 5.65 Å². The van der Waals surface area contributed by atoms with E-state index in [9.17, 15) is 9.90 Å². The number of hydrogen-bond acceptors (Lipinski definition) is 4. The molecule has 3 N–H and O–H groups in total. The monoisotopic (exact) mass is 467 g/mol. The van der Waals surface area contributed by atoms with Crippen LogP contribution in [0.5, 0.6) is 0 Å². The van der Waals surface area contributed by atoms with Gasteiger partial charge in [0.25, 0.3) is 0 Å². The van der Waals surface area contributed by atoms with Crippen LogP contribution >= 0.6 is 0 Å². The van der Waals surface area contributed by atoms with Gasteiger partial charge < -0.3 is 20.3 Å². The number of amides is 1. The van der Waals surface area contributed by atoms with Crippen molar-refractivity contribution >= 4 is 17.1 Å². The lowest BCUT2D eigenvalue weighted by atomic mass is 9.84. The predicted molar refractivity (Wildman–Crippen MR) is 135 cm³/mol. The Kier molecular flexibility index (Phi) is 5.49. The Balaban J connectivity index is 1.33. The lowest BCUT2D eigenvalue weighted by Crippen LogP contribution is -2.35. The molecule has 1 saturated heterocycles. The second-order valence-electron chi connectivity index (χ2n) is 9.62. The van der Waals surface area contributed by atoms with Crippen LogP contribution < -0.4 is 5.32 Å². The fourth-order valence-electron chi connectivity index (χ4n) is 5.78. The molecule has 5 heterocycles. The van der Waals surface area contributed by atoms with E-state index in [1.54, 1.807) is 4.90 Å². The van der Waals surface area contributed by atoms with Gasteiger partial charge in [-0.1, -0.05) is 24.3 Å². The fourth-order valence-corrected chi connectivity index (χ4v) is 5.78. The standard InChI is InChI=1S/C28H29N5O2/c1-17-15-30-27-22(17)13-19(16-31-27)23-8-3-6-20(32-23)14-24-26-18(10-11-29-24)5-2-7-21(26)25-9-4-12-33(25)28(34)35/h2-3,5-8,13,15-16,24-25,29H,4,9-12,14H2,1H3,(H,30,31)(H,34,35)/t24?,25-/m0/s1. The number of carbonyl (C=O) groups is 1. The normalized spacial score (nSPS) is 19.7. The first-order chi connectivity index (χ1) is 17.1. The zero-order valence-corrected chi connectivity index (χ0v) is 19.8. The lowest BCUT2D eigenvalue weighted by Gasteiger charge is -2.33. The van der Waals surface area contributed by atoms with E-state index in [4.69, 9.17) is 4.98 Å². The SMILES string of the molecule is Cc1c[nH]c2ncc(-c3cccc(CC4NCCc5cccc([C@@H]6CCCN6C(=O)O)c54)n3)cc12. The number of hydrogen-bond donors (Lipinski definition) is 3. The number of pyridine rings is 2. The van der Waals surface area contributed by atoms with Gasteiger partial charge in [0.15, 0.2) is 0 Å². The van der Waals surface area contributed by atoms with Gasteiger partial charge in [-0.3, -0.25) is 4.98 Å². The average Bonchev–Trinajstić information content (AvgIpc) is 3.51. The number of aromatic nitrogens is 3. The maximum atomic E-state index is 11.9. The van der Waals surface area contributed by atoms with Gasteiger partial charge in [0.2, 0.25) is 0 Å². The second kappa shape index (κ2) is 8.82. The molecule has 35 heavy (non-hydrogen) atoms. The number of benzene rings is 1. The highest BCUT2D eigenvalue weighted by Gasteiger charge is 2.34. The molecule has 2 aliphatic rings. The molecular weight excluding hydrogens is 438 g/mol. The van der Waals surface area contributed by atoms with Crippen LogP contribution in [0.15, 0.2) is 54.9 Å². The number of aromatic amines is 1. The molecule has 178 valence electrons. The topological polar surface area (TPSA) is 94.1 Å². The van der Waals surface area contributed by atoms with Crippen molar-refractivity contribution in [1.29, 1.82) is 0 Å². The Morgan fingerprint density at radius 3 is 3.00 bits per heavy atom. The van der Waals surface area contributed by atoms with E-state index in [0.717, 1.165) is 65.8 Å². The number of aryl methyl sites for hydroxylation is 1. The van der Waals surface area contributed by atoms with E-state index >= 15 is 0 Å². The van der Waals surface area contributed by atoms with Crippen molar-refractivity contribution in [3.05, 3.63) is 82.8 Å². The van der Waals surface area contributed by atoms with E-state index < -0.39 is 6.09 Å². The van der Waals surface area contributed by atoms with Gasteiger partial charge in [0.05, 0.1) is 11.7 Å². The Morgan fingerprint density at radius 2 is 2.11 bits per heavy atom. The van der Waals surface area contributed by atoms with Crippen molar-refractivity contribution < 1.29 is 9.90 Å². The quantitative estimate of drug-likeness (QED) is 0.385. The maximum Gasteiger partial charge on any atom is 0.407 e. The molecule has 0 radical (unpaired) electrons. The summed E-state index contributed by atoms with van der Waals surface area (Å²) >= 11 is 0. The first kappa shape index (κ1) is 21.8. The van der Waals surface area contributed by atoms with Gasteiger partial charge in [-0.25, -0.2) is 9.78 Å². The largest absolute Gasteiger partial charge is 0.465 e. The zero-order chi connectivity index (χ0) is 23.9. The Labute approximate surface area is 204 Å². The summed E-state index contributed by atoms with van der Waals surface area (Å²) in [6.07, 6.45) is 6.49. The molecule has 1 aromatic carbocycles. The Hall–Kier alpha value is -3.71. The van der Waals surface area contributed by atoms with Gasteiger partial charge in [-0.2, -0.15) is 0 Å². The van der Waals surface area contributed by atoms with Crippen LogP contribution in [-0.4, -0.2) is 44.1 Å². The minimum atomic E-state index is -0.831. The van der Waals surface area contributed by atoms with Crippen LogP contribution in [-0.2, 0) is 12.8 Å². The first-order valence-electron chi connectivity index (χ1n) is 12.3. The molecule has 3 aromatic heterocycles. The Morgan fingerprint density at radius 1 is 1.23 bits per heavy atom. The fraction of sp³-hybridized carbons (Fsp3) is 0.321. The van der Waals surface area contributed by atoms with Gasteiger partial charge in [-0.05, 0) is 73.2 Å². The minimum absolute atomic E-state index is 0.0773. The summed E-state index contributed by atoms with van der Waals surface area (Å²) in [5.74, 6) is 0. The summed E-state index contributed by atoms with van der Waals surface area (Å²) in [7, 11) is 0. The van der Waals surface area contributed by atoms with Gasteiger partial charge in [-0.15, -0.1) is 0 Å². The summed E-state index contributed by atoms with van der Waals surface area (Å²) < 4.78 is 0. The van der Waals surface area contributed by atoms with Gasteiger partial charge in [0, 0.05) is 48.0 Å². The van der Waals surface area contributed by atoms with Gasteiger partial charge >= 0.3 is 6.09 Å². The molecule has 0 spiro atoms. The molecule has 0 aliphatic carbocycles. The summed E-state index contributed by atoms with van der Waals surface area (Å²) in [5.41, 5.74) is 8.71. The van der Waals surface area contributed by atoms with E-state index in [2.05, 4.69) is 58.6 Å². The highest BCUT2D eigenvalue weighted by molar-refractivity contribution is 5.83. The lowest BCUT2D eigenvalue weighted by molar-refractivity contribution is 0.140. The molecular formula is C28H29N5O2. The van der Waals surface area contributed by atoms with E-state index in [1.807, 2.05) is 18.5 Å². The first-order valence-corrected chi connectivity index (χ1v) is 12.3. The van der Waals surface area contributed by atoms with Crippen LogP contribution in [0.25, 0.3) is 22.3 Å². The van der Waals surface area contributed by atoms with Crippen LogP contribution in [0.2, 0.25) is 0 Å². The number of carboxylic acid groups (broad SMARTS) is 1. The van der Waals surface area contributed by atoms with Crippen LogP contribution in [0.3, 0.4) is 0 Å². The number of nitrogens with one attached hydrogen (secondary N) is 2. The van der Waals surface area contributed by atoms with Crippen molar-refractivity contribution in [1.82, 2.24) is 25.2 Å². The number of likely N-dealkylation sites (tertiary alicyclic amines) is 1. The third kappa shape index (κ3) is 3.96. The molecule has 0 saturated carbocycles. The number of nitrogens with zero attached hydrogens (tertiary/aromatic N) is 3. The summed E-state index contributed by atoms with van der Waals surface area (Å²) in [6, 6.07) is 14.7. The van der Waals surface area contributed by atoms with Crippen molar-refractivity contribution in [3.63, 3.8) is 0 Å². The predicted octanol–water partition coefficient (Wildman–Crippen LogP) is 5.18. The third-order valence-corrected chi connectivity index (χ3v) is 7.47. The molecule has 2 aliphatic heterocycles. The molecule has 7 nitrogen and oxygen atoms in total. The molecule has 4 aromatic rings. The molecule has 1 unspecified atom stereocenters. The number of H-pyrrole nitrogens is 1. The smallest absolute Gasteiger partial charge is 0.407 e. The van der Waals surface area contributed by atoms with Crippen LogP contribution in [0.1, 0.15) is 52.9 Å². The highest BCUT2D eigenvalue weighted by Crippen LogP contribution is 2.39. The van der Waals surface area contributed by atoms with Crippen molar-refractivity contribution in [3.8, 4) is 11.3 Å². The molecule has 0 bridgehead atoms. The third-order valence-electron chi connectivity index (χ3n) is 7.47. The maximum absolute atomic E-state index is 11.9. The molecule has 2 atom stereocenters. The number of fused-ring (bicyclic) bond motifs is 2. The summed E-state index contributed by atoms with van der Waals surface area (Å²) in [5, 5.41) is 14.6. The van der Waals surface area contributed by atoms with E-state index in [-0.39, 0.29) is 12.1 Å². The highest BCUT2D eigenvalue weighted by atomic mass is 16.4.